The van der Waals surface area contributed by atoms with Gasteiger partial charge < -0.3 is 125 Å². The topological polar surface area (TPSA) is 650 Å². The van der Waals surface area contributed by atoms with E-state index in [1.165, 1.54) is 49.7 Å². The molecule has 45 heteroatoms. The van der Waals surface area contributed by atoms with Crippen LogP contribution in [-0.4, -0.2) is 328 Å². The van der Waals surface area contributed by atoms with Gasteiger partial charge in [0.2, 0.25) is 100 Å². The predicted octanol–water partition coefficient (Wildman–Crippen LogP) is -3.21. The number of aromatic nitrogens is 1. The molecule has 4 fully saturated rings. The van der Waals surface area contributed by atoms with Crippen molar-refractivity contribution < 1.29 is 122 Å². The number of nitrogens with zero attached hydrogens (tertiary/aromatic N) is 5. The highest BCUT2D eigenvalue weighted by Gasteiger charge is 2.47. The van der Waals surface area contributed by atoms with Crippen molar-refractivity contribution in [3.8, 4) is 5.75 Å². The van der Waals surface area contributed by atoms with Crippen LogP contribution in [0.15, 0.2) is 84.4 Å². The molecule has 21 N–H and O–H groups in total. The first-order chi connectivity index (χ1) is 63.4. The number of primary amides is 2. The summed E-state index contributed by atoms with van der Waals surface area (Å²) in [5.74, 6) is -22.1. The number of fused-ring (bicyclic) bond motifs is 5. The summed E-state index contributed by atoms with van der Waals surface area (Å²) in [6, 6.07) is -4.27. The minimum absolute atomic E-state index is 0.0569. The van der Waals surface area contributed by atoms with Crippen LogP contribution in [0.3, 0.4) is 0 Å². The van der Waals surface area contributed by atoms with E-state index < -0.39 is 279 Å². The Morgan fingerprint density at radius 3 is 1.66 bits per heavy atom. The van der Waals surface area contributed by atoms with Crippen LogP contribution in [0.25, 0.3) is 21.0 Å². The van der Waals surface area contributed by atoms with Gasteiger partial charge in [-0.05, 0) is 110 Å². The Hall–Kier alpha value is -12.9. The summed E-state index contributed by atoms with van der Waals surface area (Å²) < 4.78 is 0.777. The van der Waals surface area contributed by atoms with E-state index in [1.807, 2.05) is 13.0 Å². The fourth-order valence-electron chi connectivity index (χ4n) is 16.6. The number of aliphatic hydroxyl groups excluding tert-OH is 3. The maximum Gasteiger partial charge on any atom is 0.305 e. The minimum atomic E-state index is -1.97. The molecule has 17 amide bonds. The molecule has 4 aliphatic heterocycles. The third-order valence-electron chi connectivity index (χ3n) is 23.8. The molecule has 0 aliphatic carbocycles. The van der Waals surface area contributed by atoms with E-state index in [-0.39, 0.29) is 83.0 Å². The number of nitrogens with one attached hydrogen (secondary N) is 11. The number of phenols is 1. The van der Waals surface area contributed by atoms with E-state index in [0.29, 0.717) is 70.4 Å². The molecule has 0 bridgehead atoms. The number of nitrogens with two attached hydrogens (primary N) is 2. The number of hydrogen-bond acceptors (Lipinski definition) is 25. The molecular formula is C88H118N18O25S2. The number of amides is 17. The van der Waals surface area contributed by atoms with Gasteiger partial charge in [0.15, 0.2) is 0 Å². The number of carbonyl (C=O) groups excluding carboxylic acids is 17. The Morgan fingerprint density at radius 2 is 1.02 bits per heavy atom. The first-order valence-electron chi connectivity index (χ1n) is 44.1. The number of para-hydroxylation sites is 1. The van der Waals surface area contributed by atoms with Crippen molar-refractivity contribution in [2.45, 2.75) is 233 Å². The summed E-state index contributed by atoms with van der Waals surface area (Å²) in [4.78, 5) is 281. The highest BCUT2D eigenvalue weighted by molar-refractivity contribution is 8.00. The van der Waals surface area contributed by atoms with E-state index in [4.69, 9.17) is 11.5 Å². The van der Waals surface area contributed by atoms with Crippen molar-refractivity contribution in [1.29, 1.82) is 0 Å². The number of H-pyrrole nitrogens is 1. The number of benzene rings is 3. The lowest BCUT2D eigenvalue weighted by molar-refractivity contribution is -0.149. The number of likely N-dealkylation sites (N-methyl/N-ethyl adjacent to an activating group) is 2. The summed E-state index contributed by atoms with van der Waals surface area (Å²) >= 11 is 2.01. The number of carboxylic acid groups (broad SMARTS) is 2. The minimum Gasteiger partial charge on any atom is -0.508 e. The van der Waals surface area contributed by atoms with Gasteiger partial charge in [-0.1, -0.05) is 88.1 Å². The molecule has 3 aromatic carbocycles. The van der Waals surface area contributed by atoms with Crippen LogP contribution in [0.1, 0.15) is 140 Å². The Balaban J connectivity index is 1.09. The van der Waals surface area contributed by atoms with Crippen molar-refractivity contribution in [2.24, 2.45) is 11.5 Å². The molecular weight excluding hydrogens is 1770 g/mol. The number of thioether (sulfide) groups is 1. The maximum absolute atomic E-state index is 15.7. The van der Waals surface area contributed by atoms with Crippen molar-refractivity contribution in [2.75, 3.05) is 65.0 Å². The summed E-state index contributed by atoms with van der Waals surface area (Å²) in [6.45, 7) is -0.506. The molecule has 5 aromatic rings. The van der Waals surface area contributed by atoms with E-state index in [2.05, 4.69) is 58.2 Å². The molecule has 6 heterocycles. The summed E-state index contributed by atoms with van der Waals surface area (Å²) in [5, 5.41) is 91.8. The number of aliphatic carboxylic acids is 2. The number of carboxylic acids is 2. The van der Waals surface area contributed by atoms with E-state index in [9.17, 15) is 83.4 Å². The zero-order valence-electron chi connectivity index (χ0n) is 74.2. The summed E-state index contributed by atoms with van der Waals surface area (Å²) in [7, 11) is 2.58. The zero-order chi connectivity index (χ0) is 97.0. The first-order valence-corrected chi connectivity index (χ1v) is 46.2. The number of rotatable bonds is 25. The van der Waals surface area contributed by atoms with Gasteiger partial charge in [-0.3, -0.25) is 91.1 Å². The number of phenolic OH excluding ortho intramolecular Hbond substituents is 1. The number of unbranched alkanes of at least 4 members (excludes halogenated alkanes) is 2. The Labute approximate surface area is 773 Å². The number of piperidine rings is 1. The number of hydrogen-bond donors (Lipinski definition) is 19. The van der Waals surface area contributed by atoms with E-state index in [0.717, 1.165) is 29.2 Å². The van der Waals surface area contributed by atoms with Crippen LogP contribution in [0.4, 0.5) is 0 Å². The smallest absolute Gasteiger partial charge is 0.305 e. The monoisotopic (exact) mass is 1890 g/mol. The van der Waals surface area contributed by atoms with Crippen LogP contribution in [0.2, 0.25) is 0 Å². The van der Waals surface area contributed by atoms with Crippen LogP contribution in [-0.2, 0) is 110 Å². The maximum atomic E-state index is 15.7. The van der Waals surface area contributed by atoms with Gasteiger partial charge in [-0.2, -0.15) is 0 Å². The Kier molecular flexibility index (Phi) is 38.7. The second-order valence-corrected chi connectivity index (χ2v) is 35.4. The SMILES string of the molecule is CCCC[C@H]1C(=O)N(C)[C@@H](CCCC)C(=O)N[C@@H](CCC(=O)O)C(=O)N[C@H](C(=O)NCC(N)=O)CSCC(=O)N[C@@H](Cc2ccc(O)cc2)C(=O)N2CCCC[C@H]2C(=O)N[C@@H](CC(=O)O)C(=O)N2CCC[C@H]2C(=O)N[C@@H](CO)C(=O)N[C@@H](CCC(N)=O)C(=O)N2C[C@H](O)C[C@H]2C(=O)N[C@@H](Cc2c[nH]c3ccccc23)C(=O)N[C@@H](CO)C(=O)N[C@@H](Cc2csc3ccccc23)C(=O)N1C. The average Bonchev–Trinajstić information content (AvgIpc) is 1.16. The molecule has 43 nitrogen and oxygen atoms in total. The molecule has 0 saturated carbocycles. The number of carbonyl (C=O) groups is 19. The fraction of sp³-hybridized carbons (Fsp3) is 0.534. The van der Waals surface area contributed by atoms with Gasteiger partial charge in [0.25, 0.3) is 0 Å². The average molecular weight is 1890 g/mol. The molecule has 0 radical (unpaired) electrons. The lowest BCUT2D eigenvalue weighted by Gasteiger charge is -2.38. The van der Waals surface area contributed by atoms with Gasteiger partial charge in [-0.25, -0.2) is 0 Å². The van der Waals surface area contributed by atoms with Gasteiger partial charge in [0.05, 0.1) is 38.0 Å². The third-order valence-corrected chi connectivity index (χ3v) is 25.8. The molecule has 133 heavy (non-hydrogen) atoms. The second-order valence-electron chi connectivity index (χ2n) is 33.4. The van der Waals surface area contributed by atoms with Crippen LogP contribution in [0, 0.1) is 0 Å². The quantitative estimate of drug-likeness (QED) is 0.0273. The van der Waals surface area contributed by atoms with E-state index >= 15 is 38.4 Å². The second kappa shape index (κ2) is 49.6. The lowest BCUT2D eigenvalue weighted by Crippen LogP contribution is -2.62. The van der Waals surface area contributed by atoms with Crippen LogP contribution >= 0.6 is 23.1 Å². The van der Waals surface area contributed by atoms with Gasteiger partial charge in [0, 0.05) is 99.8 Å². The Morgan fingerprint density at radius 1 is 0.496 bits per heavy atom. The number of aromatic amines is 1. The largest absolute Gasteiger partial charge is 0.508 e. The van der Waals surface area contributed by atoms with Gasteiger partial charge >= 0.3 is 11.9 Å². The van der Waals surface area contributed by atoms with Crippen LogP contribution < -0.4 is 64.6 Å². The highest BCUT2D eigenvalue weighted by atomic mass is 32.2. The summed E-state index contributed by atoms with van der Waals surface area (Å²) in [6.07, 6.45) is -3.33. The van der Waals surface area contributed by atoms with Crippen molar-refractivity contribution in [3.63, 3.8) is 0 Å². The molecule has 0 spiro atoms. The highest BCUT2D eigenvalue weighted by Crippen LogP contribution is 2.31. The molecule has 15 atom stereocenters. The van der Waals surface area contributed by atoms with Crippen molar-refractivity contribution in [1.82, 2.24) is 82.7 Å². The van der Waals surface area contributed by atoms with Gasteiger partial charge in [-0.15, -0.1) is 23.1 Å². The first kappa shape index (κ1) is 104. The number of thiophene rings is 1. The molecule has 2 aromatic heterocycles. The zero-order valence-corrected chi connectivity index (χ0v) is 75.8. The van der Waals surface area contributed by atoms with Crippen LogP contribution in [0.5, 0.6) is 5.75 Å². The fourth-order valence-corrected chi connectivity index (χ4v) is 18.5. The van der Waals surface area contributed by atoms with Crippen molar-refractivity contribution in [3.05, 3.63) is 101 Å². The van der Waals surface area contributed by atoms with E-state index in [1.54, 1.807) is 61.0 Å². The summed E-state index contributed by atoms with van der Waals surface area (Å²) in [5.41, 5.74) is 12.9. The predicted molar refractivity (Wildman–Crippen MR) is 480 cm³/mol. The normalized spacial score (nSPS) is 25.4. The molecule has 9 rings (SSSR count). The third kappa shape index (κ3) is 28.6. The Bertz CT molecular complexity index is 5070. The van der Waals surface area contributed by atoms with Crippen molar-refractivity contribution >= 4 is 156 Å². The molecule has 4 saturated heterocycles. The standard InChI is InChI=1S/C88H118N18O25S2/c1-5-7-19-64-80(123)94-55(29-31-73(114)115)76(119)101-63(75(118)92-40-71(90)112)45-132-46-72(113)93-58(34-47-24-26-50(109)27-25-47)86(129)104-32-14-13-21-65(104)81(124)98-60(38-74(116)117)87(130)105-33-15-22-66(105)82(125)100-62(43-108)78(121)95-56(28-30-70(89)111)85(128)106-41-51(110)37-68(106)83(126)96-57(35-48-39-91-54-18-11-9-16-52(48)54)77(120)99-61(42-107)79(122)97-59(36-49-44-133-69-23-12-10-17-53(49)69)84(127)103(4)67(20-8-6-2)88(131)102(64)3/h9-12,16-18,23-27,39,44,51,55-68,91,107-110H,5-8,13-15,19-22,28-38,40-43,45-46H2,1-4H3,(H2,89,111)(H2,90,112)(H,92,118)(H,93,113)(H,94,123)(H,95,121)(H,96,126)(H,97,122)(H,98,124)(H,99,120)(H,100,125)(H,101,119)(H,114,115)(H,116,117)/t51-,55+,56+,57+,58+,59+,60+,61+,62+,63+,64+,65+,66+,67+,68+/m1/s1. The number of aromatic hydroxyl groups is 1. The van der Waals surface area contributed by atoms with Gasteiger partial charge in [0.1, 0.15) is 90.3 Å². The number of aliphatic hydroxyl groups is 3. The molecule has 0 unspecified atom stereocenters. The molecule has 4 aliphatic rings. The molecule has 722 valence electrons. The lowest BCUT2D eigenvalue weighted by atomic mass is 9.97.